The van der Waals surface area contributed by atoms with E-state index in [1.54, 1.807) is 12.1 Å². The van der Waals surface area contributed by atoms with Gasteiger partial charge in [-0.3, -0.25) is 0 Å². The Labute approximate surface area is 158 Å². The van der Waals surface area contributed by atoms with Gasteiger partial charge in [0.05, 0.1) is 17.8 Å². The molecule has 2 heterocycles. The molecule has 1 N–H and O–H groups in total. The minimum atomic E-state index is -0.898. The molecule has 27 heavy (non-hydrogen) atoms. The Hall–Kier alpha value is -2.66. The molecule has 4 unspecified atom stereocenters. The van der Waals surface area contributed by atoms with Crippen molar-refractivity contribution in [3.8, 4) is 0 Å². The molecule has 140 valence electrons. The molecule has 4 atom stereocenters. The third kappa shape index (κ3) is 4.03. The second-order valence-corrected chi connectivity index (χ2v) is 7.25. The van der Waals surface area contributed by atoms with Gasteiger partial charge in [0.2, 0.25) is 0 Å². The van der Waals surface area contributed by atoms with Crippen LogP contribution in [-0.4, -0.2) is 29.5 Å². The number of rotatable bonds is 7. The van der Waals surface area contributed by atoms with Crippen molar-refractivity contribution in [1.29, 1.82) is 0 Å². The molecule has 0 aromatic heterocycles. The smallest absolute Gasteiger partial charge is 0.335 e. The summed E-state index contributed by atoms with van der Waals surface area (Å²) < 4.78 is 6.11. The van der Waals surface area contributed by atoms with Gasteiger partial charge in [0, 0.05) is 12.1 Å². The highest BCUT2D eigenvalue weighted by Crippen LogP contribution is 2.44. The second-order valence-electron chi connectivity index (χ2n) is 7.25. The Kier molecular flexibility index (Phi) is 5.21. The highest BCUT2D eigenvalue weighted by Gasteiger charge is 2.48. The van der Waals surface area contributed by atoms with E-state index in [2.05, 4.69) is 5.16 Å². The van der Waals surface area contributed by atoms with Crippen LogP contribution in [0.5, 0.6) is 0 Å². The fraction of sp³-hybridized carbons (Fsp3) is 0.364. The molecule has 5 heteroatoms. The van der Waals surface area contributed by atoms with Crippen molar-refractivity contribution in [2.45, 2.75) is 38.1 Å². The lowest BCUT2D eigenvalue weighted by atomic mass is 9.77. The number of fused-ring (bicyclic) bond motifs is 2. The van der Waals surface area contributed by atoms with Crippen LogP contribution < -0.4 is 0 Å². The van der Waals surface area contributed by atoms with Gasteiger partial charge in [-0.25, -0.2) is 4.79 Å². The van der Waals surface area contributed by atoms with Gasteiger partial charge in [-0.05, 0) is 48.4 Å². The van der Waals surface area contributed by atoms with Gasteiger partial charge in [-0.2, -0.15) is 0 Å². The average molecular weight is 365 g/mol. The van der Waals surface area contributed by atoms with Crippen molar-refractivity contribution < 1.29 is 19.5 Å². The largest absolute Gasteiger partial charge is 0.478 e. The number of carboxylic acid groups (broad SMARTS) is 1. The fourth-order valence-corrected chi connectivity index (χ4v) is 4.14. The predicted octanol–water partition coefficient (Wildman–Crippen LogP) is 3.92. The minimum absolute atomic E-state index is 0.211. The highest BCUT2D eigenvalue weighted by atomic mass is 16.6. The van der Waals surface area contributed by atoms with Crippen molar-refractivity contribution in [2.75, 3.05) is 0 Å². The first kappa shape index (κ1) is 17.7. The number of carboxylic acids is 1. The van der Waals surface area contributed by atoms with Crippen LogP contribution in [0.4, 0.5) is 0 Å². The lowest BCUT2D eigenvalue weighted by Crippen LogP contribution is -2.30. The Balaban J connectivity index is 1.38. The van der Waals surface area contributed by atoms with Gasteiger partial charge in [-0.1, -0.05) is 47.6 Å². The monoisotopic (exact) mass is 365 g/mol. The maximum absolute atomic E-state index is 11.0. The van der Waals surface area contributed by atoms with Crippen molar-refractivity contribution in [1.82, 2.24) is 0 Å². The Morgan fingerprint density at radius 2 is 1.81 bits per heavy atom. The van der Waals surface area contributed by atoms with Gasteiger partial charge in [0.25, 0.3) is 0 Å². The van der Waals surface area contributed by atoms with Crippen molar-refractivity contribution >= 4 is 12.2 Å². The van der Waals surface area contributed by atoms with E-state index in [9.17, 15) is 4.79 Å². The first-order valence-corrected chi connectivity index (χ1v) is 9.38. The molecule has 2 saturated heterocycles. The second kappa shape index (κ2) is 7.92. The number of oxime groups is 1. The van der Waals surface area contributed by atoms with E-state index in [1.165, 1.54) is 0 Å². The normalized spacial score (nSPS) is 26.5. The zero-order valence-corrected chi connectivity index (χ0v) is 15.0. The van der Waals surface area contributed by atoms with E-state index >= 15 is 0 Å². The molecule has 5 nitrogen and oxygen atoms in total. The van der Waals surface area contributed by atoms with E-state index in [0.717, 1.165) is 30.4 Å². The third-order valence-corrected chi connectivity index (χ3v) is 5.54. The minimum Gasteiger partial charge on any atom is -0.478 e. The molecule has 2 aromatic carbocycles. The maximum atomic E-state index is 11.0. The molecule has 2 bridgehead atoms. The summed E-state index contributed by atoms with van der Waals surface area (Å²) in [6.45, 7) is 0.459. The van der Waals surface area contributed by atoms with Crippen LogP contribution in [0.25, 0.3) is 0 Å². The lowest BCUT2D eigenvalue weighted by Gasteiger charge is -2.25. The summed E-state index contributed by atoms with van der Waals surface area (Å²) in [4.78, 5) is 16.5. The third-order valence-electron chi connectivity index (χ3n) is 5.54. The van der Waals surface area contributed by atoms with E-state index in [1.807, 2.05) is 48.7 Å². The molecule has 0 saturated carbocycles. The first-order valence-electron chi connectivity index (χ1n) is 9.38. The number of benzene rings is 2. The summed E-state index contributed by atoms with van der Waals surface area (Å²) in [6.07, 6.45) is 5.37. The van der Waals surface area contributed by atoms with Crippen LogP contribution >= 0.6 is 0 Å². The van der Waals surface area contributed by atoms with Gasteiger partial charge in [0.1, 0.15) is 6.61 Å². The summed E-state index contributed by atoms with van der Waals surface area (Å²) in [7, 11) is 0. The average Bonchev–Trinajstić information content (AvgIpc) is 3.29. The molecular weight excluding hydrogens is 342 g/mol. The number of nitrogens with zero attached hydrogens (tertiary/aromatic N) is 1. The molecule has 0 radical (unpaired) electrons. The van der Waals surface area contributed by atoms with Crippen LogP contribution in [0, 0.1) is 11.8 Å². The SMILES string of the molecule is O=C(O)c1ccc(CC2C3CCC(O3)C2C=NOCc2ccccc2)cc1. The number of ether oxygens (including phenoxy) is 1. The van der Waals surface area contributed by atoms with E-state index in [4.69, 9.17) is 14.7 Å². The highest BCUT2D eigenvalue weighted by molar-refractivity contribution is 5.87. The summed E-state index contributed by atoms with van der Waals surface area (Å²) in [5.74, 6) is -0.312. The zero-order valence-electron chi connectivity index (χ0n) is 15.0. The molecule has 0 aliphatic carbocycles. The summed E-state index contributed by atoms with van der Waals surface area (Å²) in [5.41, 5.74) is 2.54. The lowest BCUT2D eigenvalue weighted by molar-refractivity contribution is 0.0696. The van der Waals surface area contributed by atoms with Crippen LogP contribution in [0.15, 0.2) is 59.8 Å². The fourth-order valence-electron chi connectivity index (χ4n) is 4.14. The van der Waals surface area contributed by atoms with E-state index < -0.39 is 5.97 Å². The molecule has 0 amide bonds. The molecule has 0 spiro atoms. The molecule has 4 rings (SSSR count). The molecule has 2 fully saturated rings. The summed E-state index contributed by atoms with van der Waals surface area (Å²) in [6, 6.07) is 17.1. The van der Waals surface area contributed by atoms with Gasteiger partial charge < -0.3 is 14.7 Å². The summed E-state index contributed by atoms with van der Waals surface area (Å²) in [5, 5.41) is 13.3. The van der Waals surface area contributed by atoms with Gasteiger partial charge in [0.15, 0.2) is 0 Å². The van der Waals surface area contributed by atoms with Crippen LogP contribution in [0.2, 0.25) is 0 Å². The first-order chi connectivity index (χ1) is 13.2. The number of carbonyl (C=O) groups is 1. The van der Waals surface area contributed by atoms with E-state index in [0.29, 0.717) is 18.1 Å². The maximum Gasteiger partial charge on any atom is 0.335 e. The van der Waals surface area contributed by atoms with E-state index in [-0.39, 0.29) is 18.1 Å². The molecular formula is C22H23NO4. The van der Waals surface area contributed by atoms with Crippen LogP contribution in [0.3, 0.4) is 0 Å². The van der Waals surface area contributed by atoms with Crippen LogP contribution in [0.1, 0.15) is 34.3 Å². The summed E-state index contributed by atoms with van der Waals surface area (Å²) >= 11 is 0. The van der Waals surface area contributed by atoms with Gasteiger partial charge in [-0.15, -0.1) is 0 Å². The van der Waals surface area contributed by atoms with Crippen molar-refractivity contribution in [3.05, 3.63) is 71.3 Å². The number of hydrogen-bond acceptors (Lipinski definition) is 4. The Bertz CT molecular complexity index is 803. The Morgan fingerprint density at radius 1 is 1.07 bits per heavy atom. The number of hydrogen-bond donors (Lipinski definition) is 1. The standard InChI is InChI=1S/C22H23NO4/c24-22(25)17-8-6-15(7-9-17)12-18-19(21-11-10-20(18)27-21)13-23-26-14-16-4-2-1-3-5-16/h1-9,13,18-21H,10-12,14H2,(H,24,25). The van der Waals surface area contributed by atoms with Gasteiger partial charge >= 0.3 is 5.97 Å². The van der Waals surface area contributed by atoms with Crippen molar-refractivity contribution in [2.24, 2.45) is 17.0 Å². The molecule has 2 aromatic rings. The predicted molar refractivity (Wildman–Crippen MR) is 102 cm³/mol. The molecule has 2 aliphatic rings. The Morgan fingerprint density at radius 3 is 2.56 bits per heavy atom. The topological polar surface area (TPSA) is 68.1 Å². The van der Waals surface area contributed by atoms with Crippen LogP contribution in [-0.2, 0) is 22.6 Å². The van der Waals surface area contributed by atoms with Crippen molar-refractivity contribution in [3.63, 3.8) is 0 Å². The number of aromatic carboxylic acids is 1. The quantitative estimate of drug-likeness (QED) is 0.596. The molecule has 2 aliphatic heterocycles. The zero-order chi connectivity index (χ0) is 18.6.